The summed E-state index contributed by atoms with van der Waals surface area (Å²) in [5.41, 5.74) is 3.91. The van der Waals surface area contributed by atoms with Gasteiger partial charge in [-0.25, -0.2) is 13.4 Å². The zero-order valence-electron chi connectivity index (χ0n) is 16.3. The number of carbonyl (C=O) groups excluding carboxylic acids is 1. The first-order valence-electron chi connectivity index (χ1n) is 9.55. The third-order valence-electron chi connectivity index (χ3n) is 5.12. The van der Waals surface area contributed by atoms with Crippen LogP contribution in [0.3, 0.4) is 0 Å². The van der Waals surface area contributed by atoms with Gasteiger partial charge in [-0.1, -0.05) is 48.5 Å². The SMILES string of the molecule is CS(=O)(=O)Cc1nc2ccccc2n1CC(=O)N1CC=C(c2ccccc2)CC1. The van der Waals surface area contributed by atoms with Gasteiger partial charge in [0.1, 0.15) is 18.1 Å². The third-order valence-corrected chi connectivity index (χ3v) is 5.91. The molecule has 0 N–H and O–H groups in total. The Balaban J connectivity index is 1.55. The van der Waals surface area contributed by atoms with E-state index >= 15 is 0 Å². The number of para-hydroxylation sites is 2. The number of sulfone groups is 1. The molecule has 29 heavy (non-hydrogen) atoms. The van der Waals surface area contributed by atoms with Gasteiger partial charge in [0, 0.05) is 19.3 Å². The molecule has 0 saturated heterocycles. The van der Waals surface area contributed by atoms with Crippen LogP contribution in [0.15, 0.2) is 60.7 Å². The molecule has 1 aromatic heterocycles. The van der Waals surface area contributed by atoms with Crippen molar-refractivity contribution >= 4 is 32.4 Å². The van der Waals surface area contributed by atoms with Crippen molar-refractivity contribution in [3.8, 4) is 0 Å². The van der Waals surface area contributed by atoms with Crippen LogP contribution in [0, 0.1) is 0 Å². The lowest BCUT2D eigenvalue weighted by Crippen LogP contribution is -2.37. The maximum atomic E-state index is 13.0. The van der Waals surface area contributed by atoms with Gasteiger partial charge in [-0.15, -0.1) is 0 Å². The highest BCUT2D eigenvalue weighted by Gasteiger charge is 2.22. The molecule has 1 aliphatic rings. The van der Waals surface area contributed by atoms with Gasteiger partial charge < -0.3 is 9.47 Å². The predicted molar refractivity (Wildman–Crippen MR) is 114 cm³/mol. The minimum absolute atomic E-state index is 0.0359. The average molecular weight is 410 g/mol. The lowest BCUT2D eigenvalue weighted by molar-refractivity contribution is -0.131. The van der Waals surface area contributed by atoms with Crippen LogP contribution in [0.2, 0.25) is 0 Å². The van der Waals surface area contributed by atoms with E-state index in [9.17, 15) is 13.2 Å². The van der Waals surface area contributed by atoms with Crippen LogP contribution < -0.4 is 0 Å². The molecule has 0 saturated carbocycles. The Labute approximate surface area is 170 Å². The van der Waals surface area contributed by atoms with E-state index in [-0.39, 0.29) is 18.2 Å². The van der Waals surface area contributed by atoms with Gasteiger partial charge >= 0.3 is 0 Å². The highest BCUT2D eigenvalue weighted by Crippen LogP contribution is 2.23. The van der Waals surface area contributed by atoms with Gasteiger partial charge in [0.15, 0.2) is 9.84 Å². The standard InChI is InChI=1S/C22H23N3O3S/c1-29(27,28)16-21-23-19-9-5-6-10-20(19)25(21)15-22(26)24-13-11-18(12-14-24)17-7-3-2-4-8-17/h2-11H,12-16H2,1H3. The van der Waals surface area contributed by atoms with Crippen molar-refractivity contribution in [2.45, 2.75) is 18.7 Å². The number of fused-ring (bicyclic) bond motifs is 1. The summed E-state index contributed by atoms with van der Waals surface area (Å²) in [7, 11) is -3.26. The summed E-state index contributed by atoms with van der Waals surface area (Å²) in [4.78, 5) is 19.2. The van der Waals surface area contributed by atoms with Crippen molar-refractivity contribution in [2.75, 3.05) is 19.3 Å². The van der Waals surface area contributed by atoms with E-state index in [0.29, 0.717) is 24.4 Å². The second-order valence-electron chi connectivity index (χ2n) is 7.36. The number of amides is 1. The minimum Gasteiger partial charge on any atom is -0.337 e. The van der Waals surface area contributed by atoms with E-state index in [0.717, 1.165) is 11.9 Å². The molecule has 0 bridgehead atoms. The molecule has 1 amide bonds. The van der Waals surface area contributed by atoms with E-state index in [4.69, 9.17) is 0 Å². The highest BCUT2D eigenvalue weighted by atomic mass is 32.2. The molecule has 0 aliphatic carbocycles. The first kappa shape index (κ1) is 19.4. The number of rotatable bonds is 5. The number of hydrogen-bond acceptors (Lipinski definition) is 4. The van der Waals surface area contributed by atoms with Crippen molar-refractivity contribution in [3.63, 3.8) is 0 Å². The van der Waals surface area contributed by atoms with Gasteiger partial charge in [0.2, 0.25) is 5.91 Å². The van der Waals surface area contributed by atoms with Crippen LogP contribution in [0.5, 0.6) is 0 Å². The van der Waals surface area contributed by atoms with Gasteiger partial charge in [0.05, 0.1) is 11.0 Å². The highest BCUT2D eigenvalue weighted by molar-refractivity contribution is 7.89. The molecule has 1 aliphatic heterocycles. The van der Waals surface area contributed by atoms with Crippen LogP contribution in [0.4, 0.5) is 0 Å². The summed E-state index contributed by atoms with van der Waals surface area (Å²) in [6, 6.07) is 17.6. The van der Waals surface area contributed by atoms with Crippen LogP contribution in [-0.4, -0.2) is 48.1 Å². The quantitative estimate of drug-likeness (QED) is 0.650. The van der Waals surface area contributed by atoms with E-state index in [1.807, 2.05) is 47.4 Å². The molecule has 3 aromatic rings. The summed E-state index contributed by atoms with van der Waals surface area (Å²) in [6.45, 7) is 1.28. The Kier molecular flexibility index (Phi) is 5.24. The molecule has 2 heterocycles. The molecular weight excluding hydrogens is 386 g/mol. The van der Waals surface area contributed by atoms with Gasteiger partial charge in [-0.2, -0.15) is 0 Å². The Hall–Kier alpha value is -2.93. The van der Waals surface area contributed by atoms with E-state index < -0.39 is 9.84 Å². The Bertz CT molecular complexity index is 1180. The van der Waals surface area contributed by atoms with Gasteiger partial charge in [0.25, 0.3) is 0 Å². The number of benzene rings is 2. The number of hydrogen-bond donors (Lipinski definition) is 0. The van der Waals surface area contributed by atoms with E-state index in [1.54, 1.807) is 4.57 Å². The molecule has 7 heteroatoms. The van der Waals surface area contributed by atoms with Gasteiger partial charge in [-0.05, 0) is 29.7 Å². The largest absolute Gasteiger partial charge is 0.337 e. The Morgan fingerprint density at radius 3 is 2.48 bits per heavy atom. The molecule has 6 nitrogen and oxygen atoms in total. The molecule has 0 atom stereocenters. The monoisotopic (exact) mass is 409 g/mol. The van der Waals surface area contributed by atoms with Crippen LogP contribution in [-0.2, 0) is 26.9 Å². The number of imidazole rings is 1. The second kappa shape index (κ2) is 7.83. The molecule has 0 radical (unpaired) electrons. The van der Waals surface area contributed by atoms with Crippen molar-refractivity contribution in [1.82, 2.24) is 14.5 Å². The fraction of sp³-hybridized carbons (Fsp3) is 0.273. The summed E-state index contributed by atoms with van der Waals surface area (Å²) in [5, 5.41) is 0. The zero-order chi connectivity index (χ0) is 20.4. The average Bonchev–Trinajstić information content (AvgIpc) is 3.04. The molecule has 0 unspecified atom stereocenters. The van der Waals surface area contributed by atoms with Crippen molar-refractivity contribution in [3.05, 3.63) is 72.1 Å². The lowest BCUT2D eigenvalue weighted by atomic mass is 9.99. The molecule has 150 valence electrons. The van der Waals surface area contributed by atoms with Crippen LogP contribution >= 0.6 is 0 Å². The predicted octanol–water partition coefficient (Wildman–Crippen LogP) is 2.90. The third kappa shape index (κ3) is 4.40. The molecule has 4 rings (SSSR count). The first-order valence-corrected chi connectivity index (χ1v) is 11.6. The summed E-state index contributed by atoms with van der Waals surface area (Å²) >= 11 is 0. The fourth-order valence-corrected chi connectivity index (χ4v) is 4.38. The van der Waals surface area contributed by atoms with E-state index in [1.165, 1.54) is 17.4 Å². The van der Waals surface area contributed by atoms with Gasteiger partial charge in [-0.3, -0.25) is 4.79 Å². The summed E-state index contributed by atoms with van der Waals surface area (Å²) in [6.07, 6.45) is 4.08. The lowest BCUT2D eigenvalue weighted by Gasteiger charge is -2.27. The Morgan fingerprint density at radius 1 is 1.07 bits per heavy atom. The van der Waals surface area contributed by atoms with Crippen LogP contribution in [0.25, 0.3) is 16.6 Å². The summed E-state index contributed by atoms with van der Waals surface area (Å²) in [5.74, 6) is 0.179. The van der Waals surface area contributed by atoms with E-state index in [2.05, 4.69) is 23.2 Å². The second-order valence-corrected chi connectivity index (χ2v) is 9.50. The molecule has 2 aromatic carbocycles. The molecule has 0 fully saturated rings. The minimum atomic E-state index is -3.26. The van der Waals surface area contributed by atoms with Crippen LogP contribution in [0.1, 0.15) is 17.8 Å². The number of aromatic nitrogens is 2. The first-order chi connectivity index (χ1) is 13.9. The topological polar surface area (TPSA) is 72.3 Å². The maximum Gasteiger partial charge on any atom is 0.242 e. The number of nitrogens with zero attached hydrogens (tertiary/aromatic N) is 3. The van der Waals surface area contributed by atoms with Crippen molar-refractivity contribution in [2.24, 2.45) is 0 Å². The maximum absolute atomic E-state index is 13.0. The van der Waals surface area contributed by atoms with Crippen molar-refractivity contribution < 1.29 is 13.2 Å². The molecular formula is C22H23N3O3S. The van der Waals surface area contributed by atoms with Crippen molar-refractivity contribution in [1.29, 1.82) is 0 Å². The normalized spacial score (nSPS) is 14.8. The Morgan fingerprint density at radius 2 is 1.79 bits per heavy atom. The zero-order valence-corrected chi connectivity index (χ0v) is 17.1. The smallest absolute Gasteiger partial charge is 0.242 e. The summed E-state index contributed by atoms with van der Waals surface area (Å²) < 4.78 is 25.4. The molecule has 0 spiro atoms. The number of carbonyl (C=O) groups is 1. The fourth-order valence-electron chi connectivity index (χ4n) is 3.69.